The summed E-state index contributed by atoms with van der Waals surface area (Å²) in [6.45, 7) is 0. The van der Waals surface area contributed by atoms with Crippen molar-refractivity contribution in [1.82, 2.24) is 5.01 Å². The predicted octanol–water partition coefficient (Wildman–Crippen LogP) is 3.78. The van der Waals surface area contributed by atoms with Crippen molar-refractivity contribution in [2.24, 2.45) is 5.10 Å². The molecule has 5 nitrogen and oxygen atoms in total. The van der Waals surface area contributed by atoms with E-state index in [9.17, 15) is 14.3 Å². The topological polar surface area (TPSA) is 62.1 Å². The van der Waals surface area contributed by atoms with Crippen LogP contribution in [0.1, 0.15) is 11.1 Å². The quantitative estimate of drug-likeness (QED) is 0.491. The Morgan fingerprint density at radius 1 is 1.23 bits per heavy atom. The van der Waals surface area contributed by atoms with Crippen molar-refractivity contribution in [3.8, 4) is 11.5 Å². The zero-order valence-corrected chi connectivity index (χ0v) is 15.2. The van der Waals surface area contributed by atoms with Crippen molar-refractivity contribution in [1.29, 1.82) is 0 Å². The van der Waals surface area contributed by atoms with Crippen LogP contribution in [-0.2, 0) is 4.79 Å². The predicted molar refractivity (Wildman–Crippen MR) is 104 cm³/mol. The SMILES string of the molecule is COc1cc(/C=C2/SC(=S)N(/N=C/c3ccc(F)cc3)C2=O)ccc1O. The second kappa shape index (κ2) is 7.67. The van der Waals surface area contributed by atoms with E-state index in [1.165, 1.54) is 31.5 Å². The van der Waals surface area contributed by atoms with Crippen LogP contribution < -0.4 is 4.74 Å². The van der Waals surface area contributed by atoms with Crippen LogP contribution in [0.25, 0.3) is 6.08 Å². The van der Waals surface area contributed by atoms with Gasteiger partial charge in [-0.05, 0) is 53.7 Å². The molecule has 0 saturated carbocycles. The van der Waals surface area contributed by atoms with Gasteiger partial charge in [0.2, 0.25) is 0 Å². The number of thioether (sulfide) groups is 1. The van der Waals surface area contributed by atoms with Gasteiger partial charge in [0, 0.05) is 0 Å². The molecule has 0 bridgehead atoms. The molecule has 0 aromatic heterocycles. The highest BCUT2D eigenvalue weighted by molar-refractivity contribution is 8.26. The molecule has 1 aliphatic heterocycles. The first-order valence-electron chi connectivity index (χ1n) is 7.42. The molecule has 3 rings (SSSR count). The molecule has 0 unspecified atom stereocenters. The number of carbonyl (C=O) groups excluding carboxylic acids is 1. The molecule has 2 aromatic rings. The fraction of sp³-hybridized carbons (Fsp3) is 0.0556. The summed E-state index contributed by atoms with van der Waals surface area (Å²) in [6, 6.07) is 10.5. The van der Waals surface area contributed by atoms with Crippen LogP contribution in [0.15, 0.2) is 52.5 Å². The van der Waals surface area contributed by atoms with Gasteiger partial charge < -0.3 is 9.84 Å². The molecule has 1 fully saturated rings. The number of amides is 1. The number of hydrazone groups is 1. The van der Waals surface area contributed by atoms with Gasteiger partial charge >= 0.3 is 0 Å². The zero-order valence-electron chi connectivity index (χ0n) is 13.5. The molecule has 0 atom stereocenters. The van der Waals surface area contributed by atoms with Gasteiger partial charge in [-0.1, -0.05) is 30.0 Å². The monoisotopic (exact) mass is 388 g/mol. The van der Waals surface area contributed by atoms with Gasteiger partial charge in [-0.15, -0.1) is 0 Å². The number of methoxy groups -OCH3 is 1. The molecule has 1 N–H and O–H groups in total. The average Bonchev–Trinajstić information content (AvgIpc) is 2.89. The van der Waals surface area contributed by atoms with Crippen LogP contribution in [0.5, 0.6) is 11.5 Å². The van der Waals surface area contributed by atoms with Crippen molar-refractivity contribution in [3.63, 3.8) is 0 Å². The second-order valence-electron chi connectivity index (χ2n) is 5.22. The van der Waals surface area contributed by atoms with Crippen molar-refractivity contribution >= 4 is 46.5 Å². The van der Waals surface area contributed by atoms with Crippen molar-refractivity contribution < 1.29 is 19.0 Å². The molecule has 0 spiro atoms. The Balaban J connectivity index is 1.81. The van der Waals surface area contributed by atoms with E-state index in [1.54, 1.807) is 30.3 Å². The molecular formula is C18H13FN2O3S2. The summed E-state index contributed by atoms with van der Waals surface area (Å²) in [6.07, 6.45) is 3.09. The highest BCUT2D eigenvalue weighted by Crippen LogP contribution is 2.34. The van der Waals surface area contributed by atoms with Gasteiger partial charge in [0.1, 0.15) is 5.82 Å². The molecule has 1 saturated heterocycles. The van der Waals surface area contributed by atoms with Crippen molar-refractivity contribution in [3.05, 3.63) is 64.3 Å². The maximum Gasteiger partial charge on any atom is 0.286 e. The normalized spacial score (nSPS) is 16.1. The highest BCUT2D eigenvalue weighted by Gasteiger charge is 2.32. The van der Waals surface area contributed by atoms with E-state index >= 15 is 0 Å². The van der Waals surface area contributed by atoms with E-state index in [4.69, 9.17) is 17.0 Å². The number of phenols is 1. The zero-order chi connectivity index (χ0) is 18.7. The summed E-state index contributed by atoms with van der Waals surface area (Å²) < 4.78 is 18.3. The van der Waals surface area contributed by atoms with Gasteiger partial charge in [-0.25, -0.2) is 4.39 Å². The molecule has 8 heteroatoms. The van der Waals surface area contributed by atoms with E-state index in [1.807, 2.05) is 0 Å². The van der Waals surface area contributed by atoms with Crippen LogP contribution in [-0.4, -0.2) is 33.7 Å². The number of hydrogen-bond donors (Lipinski definition) is 1. The Labute approximate surface area is 158 Å². The number of phenolic OH excluding ortho intramolecular Hbond substituents is 1. The summed E-state index contributed by atoms with van der Waals surface area (Å²) in [5.74, 6) is -0.380. The number of thiocarbonyl (C=S) groups is 1. The first-order chi connectivity index (χ1) is 12.5. The van der Waals surface area contributed by atoms with Crippen molar-refractivity contribution in [2.75, 3.05) is 7.11 Å². The number of rotatable bonds is 4. The lowest BCUT2D eigenvalue weighted by molar-refractivity contribution is -0.122. The minimum absolute atomic E-state index is 0.0149. The van der Waals surface area contributed by atoms with Crippen LogP contribution >= 0.6 is 24.0 Å². The number of carbonyl (C=O) groups is 1. The lowest BCUT2D eigenvalue weighted by atomic mass is 10.2. The van der Waals surface area contributed by atoms with Crippen LogP contribution in [0.3, 0.4) is 0 Å². The summed E-state index contributed by atoms with van der Waals surface area (Å²) in [5.41, 5.74) is 1.33. The van der Waals surface area contributed by atoms with E-state index < -0.39 is 0 Å². The lowest BCUT2D eigenvalue weighted by Crippen LogP contribution is -2.22. The maximum atomic E-state index is 12.9. The molecule has 1 amide bonds. The Morgan fingerprint density at radius 3 is 2.62 bits per heavy atom. The third-order valence-electron chi connectivity index (χ3n) is 3.47. The second-order valence-corrected chi connectivity index (χ2v) is 6.90. The maximum absolute atomic E-state index is 12.9. The third kappa shape index (κ3) is 3.92. The van der Waals surface area contributed by atoms with E-state index in [-0.39, 0.29) is 17.5 Å². The first-order valence-corrected chi connectivity index (χ1v) is 8.65. The fourth-order valence-corrected chi connectivity index (χ4v) is 3.34. The molecule has 0 radical (unpaired) electrons. The Kier molecular flexibility index (Phi) is 5.34. The van der Waals surface area contributed by atoms with Gasteiger partial charge in [-0.3, -0.25) is 4.79 Å². The number of halogens is 1. The Hall–Kier alpha value is -2.71. The summed E-state index contributed by atoms with van der Waals surface area (Å²) in [7, 11) is 1.45. The average molecular weight is 388 g/mol. The first kappa shape index (κ1) is 18.1. The van der Waals surface area contributed by atoms with Gasteiger partial charge in [0.25, 0.3) is 5.91 Å². The number of aromatic hydroxyl groups is 1. The minimum atomic E-state index is -0.356. The smallest absolute Gasteiger partial charge is 0.286 e. The summed E-state index contributed by atoms with van der Waals surface area (Å²) >= 11 is 6.33. The largest absolute Gasteiger partial charge is 0.504 e. The summed E-state index contributed by atoms with van der Waals surface area (Å²) in [4.78, 5) is 12.9. The molecular weight excluding hydrogens is 375 g/mol. The van der Waals surface area contributed by atoms with Gasteiger partial charge in [0.15, 0.2) is 15.8 Å². The summed E-state index contributed by atoms with van der Waals surface area (Å²) in [5, 5.41) is 14.8. The number of nitrogens with zero attached hydrogens (tertiary/aromatic N) is 2. The van der Waals surface area contributed by atoms with E-state index in [2.05, 4.69) is 5.10 Å². The minimum Gasteiger partial charge on any atom is -0.504 e. The Bertz CT molecular complexity index is 927. The standard InChI is InChI=1S/C18H13FN2O3S2/c1-24-15-8-12(4-7-14(15)22)9-16-17(23)21(18(25)26-16)20-10-11-2-5-13(19)6-3-11/h2-10,22H,1H3/b16-9+,20-10+. The number of benzene rings is 2. The molecule has 1 heterocycles. The molecule has 2 aromatic carbocycles. The molecule has 0 aliphatic carbocycles. The van der Waals surface area contributed by atoms with E-state index in [0.29, 0.717) is 26.1 Å². The van der Waals surface area contributed by atoms with Crippen molar-refractivity contribution in [2.45, 2.75) is 0 Å². The number of hydrogen-bond acceptors (Lipinski definition) is 6. The third-order valence-corrected chi connectivity index (χ3v) is 4.75. The van der Waals surface area contributed by atoms with Crippen LogP contribution in [0.4, 0.5) is 4.39 Å². The van der Waals surface area contributed by atoms with E-state index in [0.717, 1.165) is 16.8 Å². The molecule has 1 aliphatic rings. The van der Waals surface area contributed by atoms with Crippen LogP contribution in [0, 0.1) is 5.82 Å². The molecule has 132 valence electrons. The van der Waals surface area contributed by atoms with Gasteiger partial charge in [-0.2, -0.15) is 10.1 Å². The highest BCUT2D eigenvalue weighted by atomic mass is 32.2. The fourth-order valence-electron chi connectivity index (χ4n) is 2.17. The Morgan fingerprint density at radius 2 is 1.92 bits per heavy atom. The van der Waals surface area contributed by atoms with Gasteiger partial charge in [0.05, 0.1) is 18.2 Å². The number of ether oxygens (including phenoxy) is 1. The molecule has 26 heavy (non-hydrogen) atoms. The lowest BCUT2D eigenvalue weighted by Gasteiger charge is -2.06. The van der Waals surface area contributed by atoms with Crippen LogP contribution in [0.2, 0.25) is 0 Å².